The van der Waals surface area contributed by atoms with Crippen LogP contribution in [0.5, 0.6) is 0 Å². The van der Waals surface area contributed by atoms with Gasteiger partial charge in [-0.2, -0.15) is 0 Å². The monoisotopic (exact) mass is 477 g/mol. The third kappa shape index (κ3) is 5.07. The average Bonchev–Trinajstić information content (AvgIpc) is 2.91. The number of likely N-dealkylation sites (tertiary alicyclic amines) is 1. The highest BCUT2D eigenvalue weighted by Crippen LogP contribution is 2.25. The van der Waals surface area contributed by atoms with Crippen molar-refractivity contribution in [1.82, 2.24) is 15.2 Å². The van der Waals surface area contributed by atoms with Crippen LogP contribution in [0, 0.1) is 13.8 Å². The number of nitrogens with zero attached hydrogens (tertiary/aromatic N) is 2. The molecule has 3 aromatic carbocycles. The Morgan fingerprint density at radius 1 is 0.917 bits per heavy atom. The zero-order valence-corrected chi connectivity index (χ0v) is 20.8. The maximum atomic E-state index is 13.6. The minimum atomic E-state index is -0.513. The molecule has 1 aliphatic rings. The summed E-state index contributed by atoms with van der Waals surface area (Å²) in [6.07, 6.45) is 3.21. The van der Waals surface area contributed by atoms with Crippen molar-refractivity contribution in [3.8, 4) is 0 Å². The third-order valence-electron chi connectivity index (χ3n) is 7.01. The maximum Gasteiger partial charge on any atom is 0.254 e. The number of rotatable bonds is 6. The largest absolute Gasteiger partial charge is 0.328 e. The first-order chi connectivity index (χ1) is 17.5. The number of piperidine rings is 1. The summed E-state index contributed by atoms with van der Waals surface area (Å²) < 4.78 is 0. The Hall–Kier alpha value is -3.83. The number of amides is 1. The minimum Gasteiger partial charge on any atom is -0.328 e. The molecule has 2 atom stereocenters. The lowest BCUT2D eigenvalue weighted by Gasteiger charge is -2.39. The number of aromatic nitrogens is 1. The molecule has 1 aliphatic heterocycles. The molecule has 2 heterocycles. The highest BCUT2D eigenvalue weighted by molar-refractivity contribution is 6.04. The van der Waals surface area contributed by atoms with Crippen molar-refractivity contribution >= 4 is 22.6 Å². The van der Waals surface area contributed by atoms with Crippen LogP contribution in [0.2, 0.25) is 0 Å². The minimum absolute atomic E-state index is 0.00538. The van der Waals surface area contributed by atoms with E-state index in [0.29, 0.717) is 30.6 Å². The van der Waals surface area contributed by atoms with Crippen LogP contribution in [0.3, 0.4) is 0 Å². The lowest BCUT2D eigenvalue weighted by molar-refractivity contribution is 0.0513. The second-order valence-corrected chi connectivity index (χ2v) is 9.71. The molecule has 5 heteroatoms. The standard InChI is InChI=1S/C31H31N3O2/c1-21-16-22(2)18-25(17-21)31(36)34-15-13-26(19-29(34)30(35)23-8-4-3-5-9-23)33-20-24-12-14-32-28-11-7-6-10-27(24)28/h3-12,14,16-18,26,29,33H,13,15,19-20H2,1-2H3/t26-,29+/m0/s1. The zero-order chi connectivity index (χ0) is 25.1. The molecule has 0 spiro atoms. The number of Topliss-reactive ketones (excluding diaryl/α,β-unsaturated/α-hetero) is 1. The predicted octanol–water partition coefficient (Wildman–Crippen LogP) is 5.50. The number of ketones is 1. The van der Waals surface area contributed by atoms with Crippen LogP contribution < -0.4 is 5.32 Å². The van der Waals surface area contributed by atoms with Gasteiger partial charge in [-0.15, -0.1) is 0 Å². The molecular formula is C31H31N3O2. The molecule has 36 heavy (non-hydrogen) atoms. The van der Waals surface area contributed by atoms with Crippen LogP contribution in [0.1, 0.15) is 50.2 Å². The number of pyridine rings is 1. The van der Waals surface area contributed by atoms with E-state index in [1.54, 1.807) is 4.90 Å². The first-order valence-corrected chi connectivity index (χ1v) is 12.5. The molecule has 1 amide bonds. The van der Waals surface area contributed by atoms with Gasteiger partial charge in [0, 0.05) is 41.8 Å². The van der Waals surface area contributed by atoms with Crippen LogP contribution >= 0.6 is 0 Å². The molecule has 0 saturated carbocycles. The topological polar surface area (TPSA) is 62.3 Å². The second kappa shape index (κ2) is 10.4. The van der Waals surface area contributed by atoms with Crippen molar-refractivity contribution in [3.05, 3.63) is 113 Å². The molecule has 5 rings (SSSR count). The summed E-state index contributed by atoms with van der Waals surface area (Å²) in [6.45, 7) is 5.21. The van der Waals surface area contributed by atoms with E-state index in [0.717, 1.165) is 28.5 Å². The molecule has 0 radical (unpaired) electrons. The fourth-order valence-corrected chi connectivity index (χ4v) is 5.26. The van der Waals surface area contributed by atoms with Gasteiger partial charge in [-0.3, -0.25) is 14.6 Å². The lowest BCUT2D eigenvalue weighted by atomic mass is 9.90. The van der Waals surface area contributed by atoms with E-state index in [4.69, 9.17) is 0 Å². The number of carbonyl (C=O) groups excluding carboxylic acids is 2. The van der Waals surface area contributed by atoms with Gasteiger partial charge in [-0.05, 0) is 56.5 Å². The number of hydrogen-bond donors (Lipinski definition) is 1. The molecule has 1 aromatic heterocycles. The van der Waals surface area contributed by atoms with E-state index >= 15 is 0 Å². The van der Waals surface area contributed by atoms with E-state index in [1.165, 1.54) is 5.56 Å². The van der Waals surface area contributed by atoms with Crippen LogP contribution in [0.4, 0.5) is 0 Å². The summed E-state index contributed by atoms with van der Waals surface area (Å²) in [6, 6.07) is 25.0. The molecule has 5 nitrogen and oxygen atoms in total. The van der Waals surface area contributed by atoms with E-state index in [2.05, 4.69) is 22.4 Å². The van der Waals surface area contributed by atoms with Gasteiger partial charge in [0.25, 0.3) is 5.91 Å². The number of hydrogen-bond acceptors (Lipinski definition) is 4. The smallest absolute Gasteiger partial charge is 0.254 e. The van der Waals surface area contributed by atoms with E-state index in [1.807, 2.05) is 86.8 Å². The second-order valence-electron chi connectivity index (χ2n) is 9.71. The van der Waals surface area contributed by atoms with Crippen LogP contribution in [-0.2, 0) is 6.54 Å². The SMILES string of the molecule is Cc1cc(C)cc(C(=O)N2CC[C@H](NCc3ccnc4ccccc34)C[C@@H]2C(=O)c2ccccc2)c1. The zero-order valence-electron chi connectivity index (χ0n) is 20.8. The average molecular weight is 478 g/mol. The number of nitrogens with one attached hydrogen (secondary N) is 1. The van der Waals surface area contributed by atoms with Crippen molar-refractivity contribution in [1.29, 1.82) is 0 Å². The van der Waals surface area contributed by atoms with Crippen molar-refractivity contribution in [2.75, 3.05) is 6.54 Å². The van der Waals surface area contributed by atoms with Gasteiger partial charge in [0.05, 0.1) is 11.6 Å². The van der Waals surface area contributed by atoms with Gasteiger partial charge in [0.2, 0.25) is 0 Å². The van der Waals surface area contributed by atoms with Crippen molar-refractivity contribution in [2.24, 2.45) is 0 Å². The fourth-order valence-electron chi connectivity index (χ4n) is 5.26. The van der Waals surface area contributed by atoms with Gasteiger partial charge in [-0.1, -0.05) is 65.7 Å². The first kappa shape index (κ1) is 23.9. The number of para-hydroxylation sites is 1. The van der Waals surface area contributed by atoms with Crippen LogP contribution in [-0.4, -0.2) is 40.2 Å². The summed E-state index contributed by atoms with van der Waals surface area (Å²) in [7, 11) is 0. The number of aryl methyl sites for hydroxylation is 2. The Morgan fingerprint density at radius 2 is 1.64 bits per heavy atom. The third-order valence-corrected chi connectivity index (χ3v) is 7.01. The van der Waals surface area contributed by atoms with Gasteiger partial charge in [0.1, 0.15) is 0 Å². The molecule has 1 saturated heterocycles. The molecule has 0 bridgehead atoms. The molecule has 0 aliphatic carbocycles. The van der Waals surface area contributed by atoms with Crippen LogP contribution in [0.15, 0.2) is 85.1 Å². The number of fused-ring (bicyclic) bond motifs is 1. The summed E-state index contributed by atoms with van der Waals surface area (Å²) in [5.74, 6) is -0.0798. The quantitative estimate of drug-likeness (QED) is 0.373. The van der Waals surface area contributed by atoms with Crippen molar-refractivity contribution in [3.63, 3.8) is 0 Å². The Morgan fingerprint density at radius 3 is 2.42 bits per heavy atom. The number of carbonyl (C=O) groups is 2. The Labute approximate surface area is 212 Å². The fraction of sp³-hybridized carbons (Fsp3) is 0.258. The summed E-state index contributed by atoms with van der Waals surface area (Å²) >= 11 is 0. The first-order valence-electron chi connectivity index (χ1n) is 12.5. The number of benzene rings is 3. The Balaban J connectivity index is 1.38. The summed E-state index contributed by atoms with van der Waals surface area (Å²) in [5, 5.41) is 4.80. The lowest BCUT2D eigenvalue weighted by Crippen LogP contribution is -2.54. The van der Waals surface area contributed by atoms with E-state index in [9.17, 15) is 9.59 Å². The van der Waals surface area contributed by atoms with Gasteiger partial charge in [-0.25, -0.2) is 0 Å². The van der Waals surface area contributed by atoms with Gasteiger partial charge in [0.15, 0.2) is 5.78 Å². The summed E-state index contributed by atoms with van der Waals surface area (Å²) in [4.78, 5) is 33.5. The molecule has 0 unspecified atom stereocenters. The highest BCUT2D eigenvalue weighted by Gasteiger charge is 2.37. The van der Waals surface area contributed by atoms with Crippen molar-refractivity contribution in [2.45, 2.75) is 45.3 Å². The Bertz CT molecular complexity index is 1370. The van der Waals surface area contributed by atoms with Crippen molar-refractivity contribution < 1.29 is 9.59 Å². The van der Waals surface area contributed by atoms with Crippen LogP contribution in [0.25, 0.3) is 10.9 Å². The molecular weight excluding hydrogens is 446 g/mol. The van der Waals surface area contributed by atoms with E-state index in [-0.39, 0.29) is 17.7 Å². The molecule has 4 aromatic rings. The Kier molecular flexibility index (Phi) is 6.92. The summed E-state index contributed by atoms with van der Waals surface area (Å²) in [5.41, 5.74) is 5.54. The molecule has 1 N–H and O–H groups in total. The maximum absolute atomic E-state index is 13.6. The van der Waals surface area contributed by atoms with Gasteiger partial charge >= 0.3 is 0 Å². The highest BCUT2D eigenvalue weighted by atomic mass is 16.2. The van der Waals surface area contributed by atoms with E-state index < -0.39 is 6.04 Å². The molecule has 182 valence electrons. The molecule has 1 fully saturated rings. The normalized spacial score (nSPS) is 17.8. The predicted molar refractivity (Wildman–Crippen MR) is 143 cm³/mol. The van der Waals surface area contributed by atoms with Gasteiger partial charge < -0.3 is 10.2 Å².